The molecule has 3 nitrogen and oxygen atoms in total. The minimum atomic E-state index is 0.0798. The molecule has 2 atom stereocenters. The third-order valence-electron chi connectivity index (χ3n) is 7.15. The van der Waals surface area contributed by atoms with Crippen molar-refractivity contribution in [1.82, 2.24) is 4.57 Å². The zero-order valence-corrected chi connectivity index (χ0v) is 19.8. The lowest BCUT2D eigenvalue weighted by atomic mass is 9.79. The van der Waals surface area contributed by atoms with E-state index in [4.69, 9.17) is 16.6 Å². The van der Waals surface area contributed by atoms with Crippen molar-refractivity contribution in [3.63, 3.8) is 0 Å². The molecule has 2 unspecified atom stereocenters. The number of para-hydroxylation sites is 3. The molecule has 5 aromatic rings. The van der Waals surface area contributed by atoms with E-state index in [-0.39, 0.29) is 11.8 Å². The second kappa shape index (κ2) is 8.11. The summed E-state index contributed by atoms with van der Waals surface area (Å²) < 4.78 is 8.63. The van der Waals surface area contributed by atoms with Crippen molar-refractivity contribution in [3.8, 4) is 18.0 Å². The number of furan rings is 1. The summed E-state index contributed by atoms with van der Waals surface area (Å²) >= 11 is 0. The maximum atomic E-state index is 6.73. The third-order valence-corrected chi connectivity index (χ3v) is 7.15. The molecular formula is C32H26N2O. The summed E-state index contributed by atoms with van der Waals surface area (Å²) in [5.41, 5.74) is 13.8. The highest BCUT2D eigenvalue weighted by Crippen LogP contribution is 2.46. The van der Waals surface area contributed by atoms with Crippen LogP contribution in [0.5, 0.6) is 0 Å². The molecule has 2 aromatic heterocycles. The minimum absolute atomic E-state index is 0.0798. The van der Waals surface area contributed by atoms with Crippen molar-refractivity contribution < 1.29 is 4.42 Å². The van der Waals surface area contributed by atoms with Crippen LogP contribution in [0.25, 0.3) is 39.6 Å². The summed E-state index contributed by atoms with van der Waals surface area (Å²) in [5, 5.41) is 2.43. The van der Waals surface area contributed by atoms with E-state index >= 15 is 0 Å². The highest BCUT2D eigenvalue weighted by atomic mass is 16.3. The van der Waals surface area contributed by atoms with Gasteiger partial charge in [-0.1, -0.05) is 79.6 Å². The number of terminal acetylenes is 1. The Bertz CT molecular complexity index is 1650. The number of hydrogen-bond donors (Lipinski definition) is 1. The molecule has 0 bridgehead atoms. The minimum Gasteiger partial charge on any atom is -0.459 e. The Labute approximate surface area is 205 Å². The number of fused-ring (bicyclic) bond motifs is 4. The summed E-state index contributed by atoms with van der Waals surface area (Å²) in [6, 6.07) is 23.2. The number of nitrogens with zero attached hydrogens (tertiary/aromatic N) is 1. The van der Waals surface area contributed by atoms with Gasteiger partial charge in [-0.3, -0.25) is 0 Å². The molecule has 0 radical (unpaired) electrons. The van der Waals surface area contributed by atoms with E-state index in [0.717, 1.165) is 50.6 Å². The van der Waals surface area contributed by atoms with Crippen LogP contribution in [0.2, 0.25) is 0 Å². The smallest absolute Gasteiger partial charge is 0.142 e. The fraction of sp³-hybridized carbons (Fsp3) is 0.125. The number of anilines is 1. The molecule has 170 valence electrons. The fourth-order valence-corrected chi connectivity index (χ4v) is 5.57. The predicted molar refractivity (Wildman–Crippen MR) is 147 cm³/mol. The van der Waals surface area contributed by atoms with Crippen LogP contribution in [0.4, 0.5) is 5.69 Å². The van der Waals surface area contributed by atoms with Gasteiger partial charge in [0.2, 0.25) is 0 Å². The zero-order valence-electron chi connectivity index (χ0n) is 19.8. The number of allylic oxidation sites excluding steroid dienone is 2. The van der Waals surface area contributed by atoms with Gasteiger partial charge in [0.15, 0.2) is 0 Å². The molecule has 0 spiro atoms. The molecule has 0 saturated carbocycles. The topological polar surface area (TPSA) is 44.1 Å². The van der Waals surface area contributed by atoms with Crippen molar-refractivity contribution in [3.05, 3.63) is 107 Å². The molecule has 35 heavy (non-hydrogen) atoms. The maximum absolute atomic E-state index is 6.73. The Morgan fingerprint density at radius 2 is 1.66 bits per heavy atom. The first-order valence-corrected chi connectivity index (χ1v) is 11.9. The summed E-state index contributed by atoms with van der Waals surface area (Å²) in [5.74, 6) is 4.67. The Hall–Kier alpha value is -4.42. The monoisotopic (exact) mass is 454 g/mol. The summed E-state index contributed by atoms with van der Waals surface area (Å²) in [6.07, 6.45) is 14.1. The lowest BCUT2D eigenvalue weighted by molar-refractivity contribution is 0.448. The van der Waals surface area contributed by atoms with Crippen molar-refractivity contribution in [2.24, 2.45) is 0 Å². The van der Waals surface area contributed by atoms with Gasteiger partial charge < -0.3 is 14.7 Å². The maximum Gasteiger partial charge on any atom is 0.142 e. The van der Waals surface area contributed by atoms with Crippen LogP contribution in [0.3, 0.4) is 0 Å². The highest BCUT2D eigenvalue weighted by Gasteiger charge is 2.32. The molecule has 6 rings (SSSR count). The van der Waals surface area contributed by atoms with Crippen molar-refractivity contribution in [2.45, 2.75) is 25.7 Å². The van der Waals surface area contributed by atoms with Gasteiger partial charge in [-0.05, 0) is 36.8 Å². The number of aromatic nitrogens is 1. The first kappa shape index (κ1) is 21.1. The van der Waals surface area contributed by atoms with E-state index in [0.29, 0.717) is 0 Å². The second-order valence-corrected chi connectivity index (χ2v) is 9.09. The molecule has 2 heterocycles. The lowest BCUT2D eigenvalue weighted by Gasteiger charge is -2.27. The Balaban J connectivity index is 1.59. The van der Waals surface area contributed by atoms with Crippen LogP contribution in [0, 0.1) is 12.3 Å². The Kier molecular flexibility index (Phi) is 4.90. The SMILES string of the molecule is C#Cc1c(/C=C\C)oc2c1C=CC(c1cccc(N)c1-n1c3ccccc3c3ccccc31)C2C. The first-order valence-electron chi connectivity index (χ1n) is 11.9. The van der Waals surface area contributed by atoms with Gasteiger partial charge in [0.05, 0.1) is 28.0 Å². The van der Waals surface area contributed by atoms with Crippen molar-refractivity contribution in [1.29, 1.82) is 0 Å². The summed E-state index contributed by atoms with van der Waals surface area (Å²) in [4.78, 5) is 0. The van der Waals surface area contributed by atoms with Crippen LogP contribution >= 0.6 is 0 Å². The molecule has 3 heteroatoms. The van der Waals surface area contributed by atoms with Crippen LogP contribution in [-0.4, -0.2) is 4.57 Å². The normalized spacial score (nSPS) is 17.3. The van der Waals surface area contributed by atoms with Gasteiger partial charge in [0, 0.05) is 28.2 Å². The number of hydrogen-bond acceptors (Lipinski definition) is 2. The van der Waals surface area contributed by atoms with Crippen LogP contribution in [-0.2, 0) is 0 Å². The molecule has 0 saturated heterocycles. The van der Waals surface area contributed by atoms with Gasteiger partial charge in [-0.15, -0.1) is 6.42 Å². The first-order chi connectivity index (χ1) is 17.1. The molecular weight excluding hydrogens is 428 g/mol. The van der Waals surface area contributed by atoms with Crippen LogP contribution in [0.1, 0.15) is 53.9 Å². The third kappa shape index (κ3) is 3.07. The molecule has 0 fully saturated rings. The molecule has 2 N–H and O–H groups in total. The average Bonchev–Trinajstić information content (AvgIpc) is 3.40. The van der Waals surface area contributed by atoms with E-state index in [9.17, 15) is 0 Å². The number of rotatable bonds is 3. The lowest BCUT2D eigenvalue weighted by Crippen LogP contribution is -2.14. The van der Waals surface area contributed by atoms with E-state index in [2.05, 4.69) is 84.2 Å². The van der Waals surface area contributed by atoms with Gasteiger partial charge >= 0.3 is 0 Å². The fourth-order valence-electron chi connectivity index (χ4n) is 5.57. The number of benzene rings is 3. The van der Waals surface area contributed by atoms with Gasteiger partial charge in [0.1, 0.15) is 11.5 Å². The average molecular weight is 455 g/mol. The summed E-state index contributed by atoms with van der Waals surface area (Å²) in [6.45, 7) is 4.17. The van der Waals surface area contributed by atoms with Gasteiger partial charge in [-0.2, -0.15) is 0 Å². The van der Waals surface area contributed by atoms with E-state index in [1.54, 1.807) is 0 Å². The van der Waals surface area contributed by atoms with Gasteiger partial charge in [-0.25, -0.2) is 0 Å². The molecule has 0 amide bonds. The Morgan fingerprint density at radius 3 is 2.31 bits per heavy atom. The zero-order chi connectivity index (χ0) is 24.1. The van der Waals surface area contributed by atoms with Gasteiger partial charge in [0.25, 0.3) is 0 Å². The summed E-state index contributed by atoms with van der Waals surface area (Å²) in [7, 11) is 0. The quantitative estimate of drug-likeness (QED) is 0.222. The molecule has 1 aliphatic rings. The predicted octanol–water partition coefficient (Wildman–Crippen LogP) is 7.89. The second-order valence-electron chi connectivity index (χ2n) is 9.09. The molecule has 0 aliphatic heterocycles. The standard InChI is InChI=1S/C32H26N2O/c1-4-11-30-21(5-2)26-19-18-22(20(3)32(26)35-30)25-14-10-15-27(33)31(25)34-28-16-8-6-12-23(28)24-13-7-9-17-29(24)34/h2,4,6-20,22H,33H2,1,3H3/b11-4-. The number of nitrogens with two attached hydrogens (primary N) is 1. The van der Waals surface area contributed by atoms with E-state index in [1.165, 1.54) is 10.8 Å². The van der Waals surface area contributed by atoms with Crippen LogP contribution < -0.4 is 5.73 Å². The number of nitrogen functional groups attached to an aromatic ring is 1. The Morgan fingerprint density at radius 1 is 0.971 bits per heavy atom. The van der Waals surface area contributed by atoms with E-state index in [1.807, 2.05) is 31.2 Å². The largest absolute Gasteiger partial charge is 0.459 e. The molecule has 1 aliphatic carbocycles. The van der Waals surface area contributed by atoms with E-state index < -0.39 is 0 Å². The van der Waals surface area contributed by atoms with Crippen molar-refractivity contribution >= 4 is 39.6 Å². The van der Waals surface area contributed by atoms with Crippen LogP contribution in [0.15, 0.2) is 83.3 Å². The van der Waals surface area contributed by atoms with Crippen molar-refractivity contribution in [2.75, 3.05) is 5.73 Å². The molecule has 3 aromatic carbocycles. The highest BCUT2D eigenvalue weighted by molar-refractivity contribution is 6.09.